The Morgan fingerprint density at radius 1 is 0.778 bits per heavy atom. The van der Waals surface area contributed by atoms with Gasteiger partial charge in [-0.05, 0) is 61.4 Å². The number of halogens is 1. The first-order chi connectivity index (χ1) is 17.2. The Morgan fingerprint density at radius 2 is 1.33 bits per heavy atom. The summed E-state index contributed by atoms with van der Waals surface area (Å²) in [5.41, 5.74) is 16.2. The van der Waals surface area contributed by atoms with E-state index >= 15 is 0 Å². The Hall–Kier alpha value is -2.63. The highest BCUT2D eigenvalue weighted by Gasteiger charge is 2.12. The number of benzene rings is 2. The molecule has 11 heteroatoms. The Kier molecular flexibility index (Phi) is 10.1. The zero-order valence-corrected chi connectivity index (χ0v) is 24.0. The molecule has 6 nitrogen and oxygen atoms in total. The van der Waals surface area contributed by atoms with E-state index in [-0.39, 0.29) is 11.7 Å². The molecule has 2 heterocycles. The van der Waals surface area contributed by atoms with Crippen LogP contribution < -0.4 is 22.1 Å². The maximum absolute atomic E-state index is 7.49. The largest absolute Gasteiger partial charge is 0.383 e. The monoisotopic (exact) mass is 574 g/mol. The van der Waals surface area contributed by atoms with Crippen LogP contribution in [0.2, 0.25) is 5.02 Å². The van der Waals surface area contributed by atoms with E-state index in [4.69, 9.17) is 33.9 Å². The predicted octanol–water partition coefficient (Wildman–Crippen LogP) is 7.96. The summed E-state index contributed by atoms with van der Waals surface area (Å²) in [7, 11) is 0. The first-order valence-electron chi connectivity index (χ1n) is 10.6. The lowest BCUT2D eigenvalue weighted by molar-refractivity contribution is 1.42. The van der Waals surface area contributed by atoms with Crippen LogP contribution in [0, 0.1) is 17.7 Å². The van der Waals surface area contributed by atoms with Crippen molar-refractivity contribution < 1.29 is 0 Å². The van der Waals surface area contributed by atoms with E-state index in [0.717, 1.165) is 40.9 Å². The number of hydrogen-bond acceptors (Lipinski definition) is 8. The molecular formula is C25H27ClN6S4. The smallest absolute Gasteiger partial charge is 0.133 e. The molecule has 2 aromatic carbocycles. The molecule has 0 aliphatic rings. The Labute approximate surface area is 232 Å². The van der Waals surface area contributed by atoms with Gasteiger partial charge in [-0.25, -0.2) is 0 Å². The van der Waals surface area contributed by atoms with Crippen molar-refractivity contribution >= 4 is 92.2 Å². The first kappa shape index (κ1) is 27.9. The van der Waals surface area contributed by atoms with Crippen molar-refractivity contribution in [2.75, 3.05) is 23.1 Å². The highest BCUT2D eigenvalue weighted by atomic mass is 35.5. The van der Waals surface area contributed by atoms with Gasteiger partial charge in [0, 0.05) is 16.4 Å². The average Bonchev–Trinajstić information content (AvgIpc) is 3.45. The van der Waals surface area contributed by atoms with E-state index in [9.17, 15) is 0 Å². The summed E-state index contributed by atoms with van der Waals surface area (Å²) in [6, 6.07) is 19.5. The highest BCUT2D eigenvalue weighted by Crippen LogP contribution is 2.37. The van der Waals surface area contributed by atoms with Crippen LogP contribution in [-0.2, 0) is 0 Å². The van der Waals surface area contributed by atoms with Gasteiger partial charge < -0.3 is 22.1 Å². The number of nitrogens with two attached hydrogens (primary N) is 2. The highest BCUT2D eigenvalue weighted by molar-refractivity contribution is 8.00. The molecule has 0 fully saturated rings. The molecular weight excluding hydrogens is 548 g/mol. The fraction of sp³-hybridized carbons (Fsp3) is 0.120. The molecule has 2 aromatic heterocycles. The second-order valence-corrected chi connectivity index (χ2v) is 12.1. The van der Waals surface area contributed by atoms with E-state index < -0.39 is 0 Å². The van der Waals surface area contributed by atoms with Crippen LogP contribution in [0.25, 0.3) is 0 Å². The summed E-state index contributed by atoms with van der Waals surface area (Å²) in [6.45, 7) is 2.07. The van der Waals surface area contributed by atoms with E-state index in [1.807, 2.05) is 67.1 Å². The standard InChI is InChI=1S/C13H15N3S2.C12H12ClN3S2/c1-8-5-3-4-6-9(8)16-10-7-11(12(14)15)18-13(10)17-2;1-17-12-9(6-10(18-12)11(14)15)16-8-4-2-3-7(13)5-8/h3-7,16H,1-2H3,(H3,14,15);2-6,16H,1H3,(H3,14,15). The minimum absolute atomic E-state index is 0.0921. The Morgan fingerprint density at radius 3 is 1.83 bits per heavy atom. The van der Waals surface area contributed by atoms with Crippen molar-refractivity contribution in [2.24, 2.45) is 11.5 Å². The lowest BCUT2D eigenvalue weighted by Crippen LogP contribution is -2.08. The van der Waals surface area contributed by atoms with E-state index in [1.54, 1.807) is 34.9 Å². The van der Waals surface area contributed by atoms with Crippen molar-refractivity contribution in [3.05, 3.63) is 81.0 Å². The zero-order valence-electron chi connectivity index (χ0n) is 19.9. The van der Waals surface area contributed by atoms with E-state index in [0.29, 0.717) is 5.02 Å². The van der Waals surface area contributed by atoms with Crippen LogP contribution in [0.4, 0.5) is 22.7 Å². The molecule has 0 saturated heterocycles. The quantitative estimate of drug-likeness (QED) is 0.0720. The van der Waals surface area contributed by atoms with Gasteiger partial charge in [0.15, 0.2) is 0 Å². The number of thiophene rings is 2. The van der Waals surface area contributed by atoms with Gasteiger partial charge in [-0.3, -0.25) is 10.8 Å². The zero-order chi connectivity index (χ0) is 26.2. The molecule has 0 saturated carbocycles. The number of rotatable bonds is 8. The third kappa shape index (κ3) is 7.44. The predicted molar refractivity (Wildman–Crippen MR) is 163 cm³/mol. The minimum atomic E-state index is 0.0921. The molecule has 0 radical (unpaired) electrons. The number of amidine groups is 2. The molecule has 0 amide bonds. The third-order valence-electron chi connectivity index (χ3n) is 4.82. The molecule has 0 aliphatic carbocycles. The van der Waals surface area contributed by atoms with Gasteiger partial charge >= 0.3 is 0 Å². The fourth-order valence-electron chi connectivity index (χ4n) is 3.07. The number of nitrogens with one attached hydrogen (secondary N) is 4. The summed E-state index contributed by atoms with van der Waals surface area (Å²) in [5, 5.41) is 22.3. The maximum Gasteiger partial charge on any atom is 0.133 e. The molecule has 8 N–H and O–H groups in total. The number of anilines is 4. The van der Waals surface area contributed by atoms with Crippen molar-refractivity contribution in [2.45, 2.75) is 15.3 Å². The molecule has 0 aliphatic heterocycles. The van der Waals surface area contributed by atoms with Gasteiger partial charge in [-0.15, -0.1) is 46.2 Å². The minimum Gasteiger partial charge on any atom is -0.383 e. The number of aryl methyl sites for hydroxylation is 1. The van der Waals surface area contributed by atoms with Gasteiger partial charge in [0.25, 0.3) is 0 Å². The van der Waals surface area contributed by atoms with Crippen LogP contribution in [0.3, 0.4) is 0 Å². The summed E-state index contributed by atoms with van der Waals surface area (Å²) in [5.74, 6) is 0.211. The lowest BCUT2D eigenvalue weighted by Gasteiger charge is -2.08. The summed E-state index contributed by atoms with van der Waals surface area (Å²) in [6.07, 6.45) is 4.03. The molecule has 0 atom stereocenters. The number of hydrogen-bond donors (Lipinski definition) is 6. The number of para-hydroxylation sites is 1. The summed E-state index contributed by atoms with van der Waals surface area (Å²) >= 11 is 12.3. The third-order valence-corrected chi connectivity index (χ3v) is 9.66. The summed E-state index contributed by atoms with van der Waals surface area (Å²) < 4.78 is 2.24. The van der Waals surface area contributed by atoms with Crippen molar-refractivity contribution in [1.29, 1.82) is 10.8 Å². The van der Waals surface area contributed by atoms with E-state index in [1.165, 1.54) is 16.9 Å². The topological polar surface area (TPSA) is 124 Å². The van der Waals surface area contributed by atoms with Gasteiger partial charge in [0.1, 0.15) is 11.7 Å². The van der Waals surface area contributed by atoms with Gasteiger partial charge in [-0.1, -0.05) is 35.9 Å². The van der Waals surface area contributed by atoms with Gasteiger partial charge in [-0.2, -0.15) is 0 Å². The van der Waals surface area contributed by atoms with E-state index in [2.05, 4.69) is 23.6 Å². The van der Waals surface area contributed by atoms with Crippen LogP contribution in [-0.4, -0.2) is 24.2 Å². The number of nitrogen functional groups attached to an aromatic ring is 2. The molecule has 4 rings (SSSR count). The number of thioether (sulfide) groups is 2. The summed E-state index contributed by atoms with van der Waals surface area (Å²) in [4.78, 5) is 1.57. The van der Waals surface area contributed by atoms with Crippen molar-refractivity contribution in [3.8, 4) is 0 Å². The fourth-order valence-corrected chi connectivity index (χ4v) is 6.54. The second-order valence-electron chi connectivity index (χ2n) is 7.43. The molecule has 36 heavy (non-hydrogen) atoms. The molecule has 0 bridgehead atoms. The lowest BCUT2D eigenvalue weighted by atomic mass is 10.2. The second kappa shape index (κ2) is 13.1. The SMILES string of the molecule is CSc1sc(C(=N)N)cc1Nc1cccc(Cl)c1.CSc1sc(C(=N)N)cc1Nc1ccccc1C. The maximum atomic E-state index is 7.49. The molecule has 0 spiro atoms. The first-order valence-corrected chi connectivity index (χ1v) is 15.1. The molecule has 188 valence electrons. The van der Waals surface area contributed by atoms with Crippen molar-refractivity contribution in [1.82, 2.24) is 0 Å². The van der Waals surface area contributed by atoms with Gasteiger partial charge in [0.05, 0.1) is 29.5 Å². The Bertz CT molecular complexity index is 1360. The normalized spacial score (nSPS) is 10.3. The van der Waals surface area contributed by atoms with Crippen LogP contribution in [0.15, 0.2) is 69.1 Å². The van der Waals surface area contributed by atoms with Crippen molar-refractivity contribution in [3.63, 3.8) is 0 Å². The van der Waals surface area contributed by atoms with Gasteiger partial charge in [0.2, 0.25) is 0 Å². The Balaban J connectivity index is 0.000000201. The molecule has 4 aromatic rings. The van der Waals surface area contributed by atoms with Crippen LogP contribution >= 0.6 is 57.8 Å². The average molecular weight is 575 g/mol. The molecule has 0 unspecified atom stereocenters. The van der Waals surface area contributed by atoms with Crippen LogP contribution in [0.5, 0.6) is 0 Å². The van der Waals surface area contributed by atoms with Crippen LogP contribution in [0.1, 0.15) is 15.3 Å².